The standard InChI is InChI=1S/C15H23N5O2S2/c1-12(2)5-7-22-8-6-16-14(21)11-24-15-17-18-19-20(15)10-13-4-3-9-23-13/h3-4,9,12H,5-8,10-11H2,1-2H3,(H,16,21). The lowest BCUT2D eigenvalue weighted by Gasteiger charge is -2.07. The van der Waals surface area contributed by atoms with Gasteiger partial charge in [0.25, 0.3) is 0 Å². The van der Waals surface area contributed by atoms with Gasteiger partial charge in [0.05, 0.1) is 18.9 Å². The van der Waals surface area contributed by atoms with Crippen LogP contribution in [0, 0.1) is 5.92 Å². The average molecular weight is 370 g/mol. The Bertz CT molecular complexity index is 601. The summed E-state index contributed by atoms with van der Waals surface area (Å²) in [5.74, 6) is 0.880. The molecule has 0 radical (unpaired) electrons. The summed E-state index contributed by atoms with van der Waals surface area (Å²) in [6, 6.07) is 4.03. The van der Waals surface area contributed by atoms with E-state index in [-0.39, 0.29) is 11.7 Å². The van der Waals surface area contributed by atoms with E-state index in [4.69, 9.17) is 4.74 Å². The summed E-state index contributed by atoms with van der Waals surface area (Å²) in [7, 11) is 0. The first-order valence-corrected chi connectivity index (χ1v) is 9.77. The lowest BCUT2D eigenvalue weighted by Crippen LogP contribution is -2.29. The highest BCUT2D eigenvalue weighted by molar-refractivity contribution is 7.99. The largest absolute Gasteiger partial charge is 0.380 e. The van der Waals surface area contributed by atoms with Crippen molar-refractivity contribution in [3.63, 3.8) is 0 Å². The second-order valence-corrected chi connectivity index (χ2v) is 7.61. The highest BCUT2D eigenvalue weighted by Crippen LogP contribution is 2.16. The summed E-state index contributed by atoms with van der Waals surface area (Å²) in [6.45, 7) is 6.75. The van der Waals surface area contributed by atoms with Crippen LogP contribution < -0.4 is 5.32 Å². The monoisotopic (exact) mass is 369 g/mol. The fourth-order valence-electron chi connectivity index (χ4n) is 1.81. The third-order valence-corrected chi connectivity index (χ3v) is 4.94. The van der Waals surface area contributed by atoms with E-state index in [1.165, 1.54) is 16.6 Å². The Balaban J connectivity index is 1.63. The number of amides is 1. The molecule has 0 aromatic carbocycles. The molecule has 0 spiro atoms. The molecule has 24 heavy (non-hydrogen) atoms. The molecule has 2 aromatic heterocycles. The second kappa shape index (κ2) is 10.4. The fraction of sp³-hybridized carbons (Fsp3) is 0.600. The van der Waals surface area contributed by atoms with Gasteiger partial charge in [0, 0.05) is 18.0 Å². The number of tetrazole rings is 1. The molecule has 0 unspecified atom stereocenters. The number of carbonyl (C=O) groups is 1. The molecule has 0 aliphatic rings. The number of thioether (sulfide) groups is 1. The van der Waals surface area contributed by atoms with Crippen LogP contribution in [-0.4, -0.2) is 51.6 Å². The first-order chi connectivity index (χ1) is 11.6. The van der Waals surface area contributed by atoms with Crippen LogP contribution >= 0.6 is 23.1 Å². The van der Waals surface area contributed by atoms with Crippen molar-refractivity contribution in [1.82, 2.24) is 25.5 Å². The molecule has 0 fully saturated rings. The maximum Gasteiger partial charge on any atom is 0.230 e. The van der Waals surface area contributed by atoms with Crippen molar-refractivity contribution < 1.29 is 9.53 Å². The zero-order valence-electron chi connectivity index (χ0n) is 14.0. The smallest absolute Gasteiger partial charge is 0.230 e. The lowest BCUT2D eigenvalue weighted by atomic mass is 10.1. The van der Waals surface area contributed by atoms with Gasteiger partial charge in [-0.15, -0.1) is 16.4 Å². The minimum Gasteiger partial charge on any atom is -0.380 e. The molecule has 0 bridgehead atoms. The molecule has 2 rings (SSSR count). The van der Waals surface area contributed by atoms with Crippen LogP contribution in [0.1, 0.15) is 25.1 Å². The third-order valence-electron chi connectivity index (χ3n) is 3.13. The van der Waals surface area contributed by atoms with Crippen LogP contribution in [0.5, 0.6) is 0 Å². The zero-order chi connectivity index (χ0) is 17.2. The van der Waals surface area contributed by atoms with Crippen molar-refractivity contribution in [3.8, 4) is 0 Å². The minimum absolute atomic E-state index is 0.0434. The van der Waals surface area contributed by atoms with Crippen molar-refractivity contribution in [2.24, 2.45) is 5.92 Å². The maximum absolute atomic E-state index is 11.8. The molecule has 0 aliphatic heterocycles. The molecule has 9 heteroatoms. The topological polar surface area (TPSA) is 81.9 Å². The van der Waals surface area contributed by atoms with E-state index in [2.05, 4.69) is 34.7 Å². The van der Waals surface area contributed by atoms with Gasteiger partial charge in [-0.2, -0.15) is 0 Å². The van der Waals surface area contributed by atoms with E-state index >= 15 is 0 Å². The molecule has 0 saturated heterocycles. The molecule has 0 saturated carbocycles. The van der Waals surface area contributed by atoms with Gasteiger partial charge in [0.2, 0.25) is 11.1 Å². The van der Waals surface area contributed by atoms with Gasteiger partial charge in [-0.25, -0.2) is 4.68 Å². The van der Waals surface area contributed by atoms with E-state index in [9.17, 15) is 4.79 Å². The highest BCUT2D eigenvalue weighted by Gasteiger charge is 2.10. The van der Waals surface area contributed by atoms with Gasteiger partial charge in [-0.05, 0) is 34.2 Å². The van der Waals surface area contributed by atoms with Gasteiger partial charge in [0.15, 0.2) is 0 Å². The summed E-state index contributed by atoms with van der Waals surface area (Å²) in [6.07, 6.45) is 1.04. The number of nitrogens with zero attached hydrogens (tertiary/aromatic N) is 4. The summed E-state index contributed by atoms with van der Waals surface area (Å²) in [5.41, 5.74) is 0. The summed E-state index contributed by atoms with van der Waals surface area (Å²) >= 11 is 2.99. The predicted molar refractivity (Wildman–Crippen MR) is 95.2 cm³/mol. The Hall–Kier alpha value is -1.45. The molecule has 1 amide bonds. The number of thiophene rings is 1. The van der Waals surface area contributed by atoms with Crippen LogP contribution in [0.3, 0.4) is 0 Å². The number of ether oxygens (including phenoxy) is 1. The van der Waals surface area contributed by atoms with Crippen molar-refractivity contribution in [1.29, 1.82) is 0 Å². The fourth-order valence-corrected chi connectivity index (χ4v) is 3.21. The quantitative estimate of drug-likeness (QED) is 0.482. The number of carbonyl (C=O) groups excluding carboxylic acids is 1. The number of rotatable bonds is 11. The Morgan fingerprint density at radius 1 is 1.46 bits per heavy atom. The lowest BCUT2D eigenvalue weighted by molar-refractivity contribution is -0.118. The minimum atomic E-state index is -0.0434. The molecule has 7 nitrogen and oxygen atoms in total. The van der Waals surface area contributed by atoms with Crippen LogP contribution in [0.15, 0.2) is 22.7 Å². The summed E-state index contributed by atoms with van der Waals surface area (Å²) in [5, 5.41) is 17.1. The molecule has 0 aliphatic carbocycles. The van der Waals surface area contributed by atoms with Gasteiger partial charge in [-0.3, -0.25) is 4.79 Å². The Kier molecular flexibility index (Phi) is 8.20. The van der Waals surface area contributed by atoms with E-state index < -0.39 is 0 Å². The predicted octanol–water partition coefficient (Wildman–Crippen LogP) is 2.05. The van der Waals surface area contributed by atoms with Crippen LogP contribution in [0.2, 0.25) is 0 Å². The van der Waals surface area contributed by atoms with Crippen LogP contribution in [0.25, 0.3) is 0 Å². The van der Waals surface area contributed by atoms with Gasteiger partial charge in [0.1, 0.15) is 0 Å². The second-order valence-electron chi connectivity index (χ2n) is 5.63. The van der Waals surface area contributed by atoms with E-state index in [1.54, 1.807) is 16.0 Å². The maximum atomic E-state index is 11.8. The molecule has 0 atom stereocenters. The van der Waals surface area contributed by atoms with Crippen LogP contribution in [0.4, 0.5) is 0 Å². The highest BCUT2D eigenvalue weighted by atomic mass is 32.2. The number of hydrogen-bond acceptors (Lipinski definition) is 7. The first kappa shape index (κ1) is 18.9. The van der Waals surface area contributed by atoms with E-state index in [0.29, 0.717) is 30.8 Å². The average Bonchev–Trinajstić information content (AvgIpc) is 3.21. The summed E-state index contributed by atoms with van der Waals surface area (Å²) < 4.78 is 7.17. The zero-order valence-corrected chi connectivity index (χ0v) is 15.6. The first-order valence-electron chi connectivity index (χ1n) is 7.91. The Morgan fingerprint density at radius 2 is 2.33 bits per heavy atom. The van der Waals surface area contributed by atoms with Crippen molar-refractivity contribution >= 4 is 29.0 Å². The third kappa shape index (κ3) is 6.98. The van der Waals surface area contributed by atoms with Gasteiger partial charge >= 0.3 is 0 Å². The van der Waals surface area contributed by atoms with Crippen LogP contribution in [-0.2, 0) is 16.1 Å². The van der Waals surface area contributed by atoms with E-state index in [1.807, 2.05) is 17.5 Å². The molecular formula is C15H23N5O2S2. The van der Waals surface area contributed by atoms with Crippen molar-refractivity contribution in [2.45, 2.75) is 32.0 Å². The number of aromatic nitrogens is 4. The normalized spacial score (nSPS) is 11.1. The number of nitrogens with one attached hydrogen (secondary N) is 1. The summed E-state index contributed by atoms with van der Waals surface area (Å²) in [4.78, 5) is 13.0. The van der Waals surface area contributed by atoms with E-state index in [0.717, 1.165) is 13.0 Å². The van der Waals surface area contributed by atoms with Gasteiger partial charge in [-0.1, -0.05) is 31.7 Å². The molecule has 1 N–H and O–H groups in total. The van der Waals surface area contributed by atoms with Crippen molar-refractivity contribution in [2.75, 3.05) is 25.5 Å². The number of hydrogen-bond donors (Lipinski definition) is 1. The molecule has 2 heterocycles. The molecule has 2 aromatic rings. The Morgan fingerprint density at radius 3 is 3.08 bits per heavy atom. The van der Waals surface area contributed by atoms with Gasteiger partial charge < -0.3 is 10.1 Å². The molecule has 132 valence electrons. The van der Waals surface area contributed by atoms with Crippen molar-refractivity contribution in [3.05, 3.63) is 22.4 Å². The SMILES string of the molecule is CC(C)CCOCCNC(=O)CSc1nnnn1Cc1cccs1. The Labute approximate surface area is 150 Å². The molecular weight excluding hydrogens is 346 g/mol.